The normalized spacial score (nSPS) is 20.8. The number of hydrogen-bond acceptors (Lipinski definition) is 3. The lowest BCUT2D eigenvalue weighted by atomic mass is 9.82. The van der Waals surface area contributed by atoms with Crippen LogP contribution in [0.25, 0.3) is 11.0 Å². The summed E-state index contributed by atoms with van der Waals surface area (Å²) in [7, 11) is -3.49. The van der Waals surface area contributed by atoms with Crippen molar-refractivity contribution in [3.05, 3.63) is 59.9 Å². The second kappa shape index (κ2) is 7.58. The van der Waals surface area contributed by atoms with Crippen LogP contribution in [0.3, 0.4) is 0 Å². The quantitative estimate of drug-likeness (QED) is 0.643. The third-order valence-corrected chi connectivity index (χ3v) is 7.54. The van der Waals surface area contributed by atoms with E-state index >= 15 is 0 Å². The van der Waals surface area contributed by atoms with E-state index in [1.54, 1.807) is 18.3 Å². The molecule has 1 saturated carbocycles. The van der Waals surface area contributed by atoms with Crippen molar-refractivity contribution in [1.82, 2.24) is 14.7 Å². The Balaban J connectivity index is 1.41. The lowest BCUT2D eigenvalue weighted by Gasteiger charge is -2.29. The molecule has 0 atom stereocenters. The molecule has 1 fully saturated rings. The zero-order valence-corrected chi connectivity index (χ0v) is 18.1. The number of benzene rings is 1. The molecule has 3 aromatic rings. The molecule has 0 amide bonds. The van der Waals surface area contributed by atoms with E-state index in [0.717, 1.165) is 36.9 Å². The van der Waals surface area contributed by atoms with Gasteiger partial charge in [0.15, 0.2) is 0 Å². The molecule has 2 N–H and O–H groups in total. The second-order valence-corrected chi connectivity index (χ2v) is 10.8. The van der Waals surface area contributed by atoms with E-state index in [1.807, 2.05) is 18.2 Å². The molecular weight excluding hydrogens is 382 g/mol. The number of aromatic amines is 1. The predicted molar refractivity (Wildman–Crippen MR) is 117 cm³/mol. The number of fused-ring (bicyclic) bond motifs is 1. The Morgan fingerprint density at radius 3 is 2.38 bits per heavy atom. The Hall–Kier alpha value is -2.18. The fourth-order valence-electron chi connectivity index (χ4n) is 4.26. The van der Waals surface area contributed by atoms with E-state index in [1.165, 1.54) is 10.9 Å². The monoisotopic (exact) mass is 411 g/mol. The van der Waals surface area contributed by atoms with Crippen LogP contribution < -0.4 is 4.72 Å². The summed E-state index contributed by atoms with van der Waals surface area (Å²) in [6.07, 6.45) is 7.48. The molecule has 29 heavy (non-hydrogen) atoms. The highest BCUT2D eigenvalue weighted by atomic mass is 32.2. The van der Waals surface area contributed by atoms with E-state index in [-0.39, 0.29) is 11.5 Å². The molecular formula is C23H29N3O2S. The van der Waals surface area contributed by atoms with Crippen molar-refractivity contribution in [2.75, 3.05) is 0 Å². The van der Waals surface area contributed by atoms with Gasteiger partial charge in [-0.25, -0.2) is 18.1 Å². The van der Waals surface area contributed by atoms with Gasteiger partial charge in [-0.05, 0) is 72.4 Å². The number of nitrogens with one attached hydrogen (secondary N) is 2. The van der Waals surface area contributed by atoms with Gasteiger partial charge in [-0.2, -0.15) is 0 Å². The maximum Gasteiger partial charge on any atom is 0.240 e. The minimum absolute atomic E-state index is 0.00597. The number of H-pyrrole nitrogens is 1. The Labute approximate surface area is 173 Å². The van der Waals surface area contributed by atoms with Crippen molar-refractivity contribution in [2.24, 2.45) is 0 Å². The Kier molecular flexibility index (Phi) is 5.25. The first-order valence-corrected chi connectivity index (χ1v) is 11.8. The van der Waals surface area contributed by atoms with Crippen molar-refractivity contribution in [2.45, 2.75) is 68.7 Å². The topological polar surface area (TPSA) is 74.8 Å². The first kappa shape index (κ1) is 20.1. The minimum Gasteiger partial charge on any atom is -0.346 e. The maximum absolute atomic E-state index is 12.8. The van der Waals surface area contributed by atoms with Crippen molar-refractivity contribution in [1.29, 1.82) is 0 Å². The molecule has 0 aliphatic heterocycles. The van der Waals surface area contributed by atoms with Crippen LogP contribution in [0.15, 0.2) is 53.7 Å². The van der Waals surface area contributed by atoms with Gasteiger partial charge in [-0.3, -0.25) is 0 Å². The van der Waals surface area contributed by atoms with Crippen LogP contribution in [0.5, 0.6) is 0 Å². The van der Waals surface area contributed by atoms with Crippen molar-refractivity contribution in [3.63, 3.8) is 0 Å². The fourth-order valence-corrected chi connectivity index (χ4v) is 5.56. The molecule has 0 radical (unpaired) electrons. The summed E-state index contributed by atoms with van der Waals surface area (Å²) in [5, 5.41) is 1.18. The van der Waals surface area contributed by atoms with Gasteiger partial charge in [0.1, 0.15) is 5.65 Å². The zero-order valence-electron chi connectivity index (χ0n) is 17.3. The fraction of sp³-hybridized carbons (Fsp3) is 0.435. The van der Waals surface area contributed by atoms with Gasteiger partial charge in [-0.1, -0.05) is 32.9 Å². The molecule has 2 aromatic heterocycles. The molecule has 1 aliphatic carbocycles. The van der Waals surface area contributed by atoms with Crippen LogP contribution in [-0.4, -0.2) is 24.4 Å². The Bertz CT molecular complexity index is 1090. The second-order valence-electron chi connectivity index (χ2n) is 9.09. The van der Waals surface area contributed by atoms with Gasteiger partial charge in [0.2, 0.25) is 10.0 Å². The lowest BCUT2D eigenvalue weighted by Crippen LogP contribution is -2.37. The summed E-state index contributed by atoms with van der Waals surface area (Å²) in [4.78, 5) is 7.96. The maximum atomic E-state index is 12.8. The number of aromatic nitrogens is 2. The largest absolute Gasteiger partial charge is 0.346 e. The van der Waals surface area contributed by atoms with Gasteiger partial charge < -0.3 is 4.98 Å². The van der Waals surface area contributed by atoms with Gasteiger partial charge >= 0.3 is 0 Å². The van der Waals surface area contributed by atoms with Gasteiger partial charge in [-0.15, -0.1) is 0 Å². The summed E-state index contributed by atoms with van der Waals surface area (Å²) in [5.74, 6) is 0.444. The van der Waals surface area contributed by atoms with E-state index < -0.39 is 10.0 Å². The third-order valence-electron chi connectivity index (χ3n) is 6.00. The Morgan fingerprint density at radius 1 is 1.03 bits per heavy atom. The Morgan fingerprint density at radius 2 is 1.72 bits per heavy atom. The molecule has 6 heteroatoms. The van der Waals surface area contributed by atoms with Gasteiger partial charge in [0.25, 0.3) is 0 Å². The van der Waals surface area contributed by atoms with E-state index in [4.69, 9.17) is 0 Å². The number of pyridine rings is 1. The van der Waals surface area contributed by atoms with Gasteiger partial charge in [0.05, 0.1) is 4.90 Å². The lowest BCUT2D eigenvalue weighted by molar-refractivity contribution is 0.375. The molecule has 1 aromatic carbocycles. The summed E-state index contributed by atoms with van der Waals surface area (Å²) >= 11 is 0. The van der Waals surface area contributed by atoms with Crippen molar-refractivity contribution >= 4 is 21.1 Å². The number of hydrogen-bond donors (Lipinski definition) is 2. The molecule has 5 nitrogen and oxygen atoms in total. The average Bonchev–Trinajstić information content (AvgIpc) is 3.12. The summed E-state index contributed by atoms with van der Waals surface area (Å²) < 4.78 is 28.6. The molecule has 0 spiro atoms. The molecule has 0 saturated heterocycles. The van der Waals surface area contributed by atoms with Crippen LogP contribution in [0.1, 0.15) is 63.5 Å². The first-order valence-electron chi connectivity index (χ1n) is 10.3. The first-order chi connectivity index (χ1) is 13.7. The van der Waals surface area contributed by atoms with Crippen LogP contribution in [0.2, 0.25) is 0 Å². The van der Waals surface area contributed by atoms with Gasteiger partial charge in [0, 0.05) is 23.8 Å². The smallest absolute Gasteiger partial charge is 0.240 e. The van der Waals surface area contributed by atoms with Crippen LogP contribution in [0.4, 0.5) is 0 Å². The molecule has 154 valence electrons. The van der Waals surface area contributed by atoms with E-state index in [9.17, 15) is 8.42 Å². The van der Waals surface area contributed by atoms with E-state index in [0.29, 0.717) is 10.8 Å². The minimum atomic E-state index is -3.49. The highest BCUT2D eigenvalue weighted by molar-refractivity contribution is 7.89. The van der Waals surface area contributed by atoms with E-state index in [2.05, 4.69) is 47.7 Å². The van der Waals surface area contributed by atoms with Crippen molar-refractivity contribution in [3.8, 4) is 0 Å². The molecule has 2 heterocycles. The highest BCUT2D eigenvalue weighted by Crippen LogP contribution is 2.36. The molecule has 4 rings (SSSR count). The summed E-state index contributed by atoms with van der Waals surface area (Å²) in [6.45, 7) is 6.37. The summed E-state index contributed by atoms with van der Waals surface area (Å²) in [5.41, 5.74) is 3.35. The van der Waals surface area contributed by atoms with Crippen LogP contribution in [-0.2, 0) is 15.4 Å². The standard InChI is InChI=1S/C23H29N3O2S/c1-23(2,3)17-8-12-19(13-9-17)29(27,28)26-18-10-6-16(7-11-18)21-15-25-22-20(21)5-4-14-24-22/h4-5,8-9,12-16,18,26H,6-7,10-11H2,1-3H3,(H,24,25). The predicted octanol–water partition coefficient (Wildman–Crippen LogP) is 4.87. The molecule has 0 bridgehead atoms. The van der Waals surface area contributed by atoms with Crippen LogP contribution >= 0.6 is 0 Å². The number of rotatable bonds is 4. The zero-order chi connectivity index (χ0) is 20.6. The summed E-state index contributed by atoms with van der Waals surface area (Å²) in [6, 6.07) is 11.3. The van der Waals surface area contributed by atoms with Crippen molar-refractivity contribution < 1.29 is 8.42 Å². The van der Waals surface area contributed by atoms with Crippen LogP contribution in [0, 0.1) is 0 Å². The number of sulfonamides is 1. The average molecular weight is 412 g/mol. The third kappa shape index (κ3) is 4.23. The number of nitrogens with zero attached hydrogens (tertiary/aromatic N) is 1. The SMILES string of the molecule is CC(C)(C)c1ccc(S(=O)(=O)NC2CCC(c3c[nH]c4ncccc34)CC2)cc1. The molecule has 1 aliphatic rings. The highest BCUT2D eigenvalue weighted by Gasteiger charge is 2.28. The molecule has 0 unspecified atom stereocenters.